The van der Waals surface area contributed by atoms with Crippen LogP contribution in [-0.2, 0) is 12.8 Å². The van der Waals surface area contributed by atoms with Crippen LogP contribution in [0.1, 0.15) is 11.5 Å². The molecular weight excluding hydrogens is 254 g/mol. The molecule has 0 unspecified atom stereocenters. The van der Waals surface area contributed by atoms with E-state index in [2.05, 4.69) is 9.68 Å². The second kappa shape index (κ2) is 5.47. The van der Waals surface area contributed by atoms with E-state index in [-0.39, 0.29) is 11.6 Å². The summed E-state index contributed by atoms with van der Waals surface area (Å²) in [5.74, 6) is -0.0273. The second-order valence-electron chi connectivity index (χ2n) is 3.78. The zero-order valence-electron chi connectivity index (χ0n) is 10.5. The van der Waals surface area contributed by atoms with Crippen LogP contribution in [0.3, 0.4) is 0 Å². The van der Waals surface area contributed by atoms with Gasteiger partial charge in [0, 0.05) is 6.42 Å². The van der Waals surface area contributed by atoms with Crippen LogP contribution >= 0.6 is 0 Å². The Morgan fingerprint density at radius 1 is 1.21 bits per heavy atom. The van der Waals surface area contributed by atoms with Crippen LogP contribution in [0.15, 0.2) is 25.9 Å². The Hall–Kier alpha value is -2.44. The molecule has 19 heavy (non-hydrogen) atoms. The number of aryl methyl sites for hydroxylation is 2. The van der Waals surface area contributed by atoms with Crippen molar-refractivity contribution in [3.63, 3.8) is 0 Å². The van der Waals surface area contributed by atoms with E-state index in [1.54, 1.807) is 12.1 Å². The molecule has 7 nitrogen and oxygen atoms in total. The minimum absolute atomic E-state index is 0.0540. The van der Waals surface area contributed by atoms with E-state index in [0.717, 1.165) is 5.56 Å². The largest absolute Gasteiger partial charge is 0.542 e. The Balaban J connectivity index is 2.18. The highest BCUT2D eigenvalue weighted by Gasteiger charge is 2.12. The number of hydrogen-bond donors (Lipinski definition) is 1. The lowest BCUT2D eigenvalue weighted by atomic mass is 10.1. The predicted molar refractivity (Wildman–Crippen MR) is 63.7 cm³/mol. The molecule has 1 N–H and O–H groups in total. The number of nitrogens with zero attached hydrogens (tertiary/aromatic N) is 1. The average molecular weight is 267 g/mol. The Morgan fingerprint density at radius 3 is 2.32 bits per heavy atom. The Kier molecular flexibility index (Phi) is 3.74. The molecule has 0 fully saturated rings. The van der Waals surface area contributed by atoms with E-state index >= 15 is 0 Å². The van der Waals surface area contributed by atoms with Crippen LogP contribution in [0.4, 0.5) is 0 Å². The number of benzene rings is 1. The molecule has 0 aliphatic rings. The Bertz CT molecular complexity index is 590. The van der Waals surface area contributed by atoms with Crippen molar-refractivity contribution >= 4 is 0 Å². The molecule has 102 valence electrons. The van der Waals surface area contributed by atoms with Gasteiger partial charge < -0.3 is 19.0 Å². The first-order valence-electron chi connectivity index (χ1n) is 5.53. The van der Waals surface area contributed by atoms with E-state index in [1.165, 1.54) is 14.2 Å². The zero-order chi connectivity index (χ0) is 13.8. The van der Waals surface area contributed by atoms with Crippen molar-refractivity contribution in [1.82, 2.24) is 5.16 Å². The minimum Gasteiger partial charge on any atom is -0.502 e. The van der Waals surface area contributed by atoms with Gasteiger partial charge >= 0.3 is 5.82 Å². The summed E-state index contributed by atoms with van der Waals surface area (Å²) in [4.78, 5) is 10.7. The molecule has 1 aromatic heterocycles. The van der Waals surface area contributed by atoms with Gasteiger partial charge in [0.15, 0.2) is 11.5 Å². The number of methoxy groups -OCH3 is 2. The Morgan fingerprint density at radius 2 is 1.84 bits per heavy atom. The SMILES string of the molecule is COc1cc(CCc2noc(=O)o2)cc(OC)c1O. The second-order valence-corrected chi connectivity index (χ2v) is 3.78. The number of phenols is 1. The van der Waals surface area contributed by atoms with Gasteiger partial charge in [0.2, 0.25) is 11.6 Å². The maximum Gasteiger partial charge on any atom is 0.542 e. The van der Waals surface area contributed by atoms with Gasteiger partial charge in [-0.25, -0.2) is 4.79 Å². The molecule has 7 heteroatoms. The molecule has 0 spiro atoms. The monoisotopic (exact) mass is 267 g/mol. The highest BCUT2D eigenvalue weighted by atomic mass is 16.6. The van der Waals surface area contributed by atoms with Crippen molar-refractivity contribution in [2.24, 2.45) is 0 Å². The van der Waals surface area contributed by atoms with Crippen molar-refractivity contribution in [2.45, 2.75) is 12.8 Å². The highest BCUT2D eigenvalue weighted by molar-refractivity contribution is 5.52. The first kappa shape index (κ1) is 13.0. The van der Waals surface area contributed by atoms with Gasteiger partial charge in [-0.05, 0) is 29.3 Å². The molecule has 0 aliphatic heterocycles. The molecular formula is C12H13NO6. The van der Waals surface area contributed by atoms with E-state index in [1.807, 2.05) is 0 Å². The molecule has 0 saturated heterocycles. The molecule has 0 atom stereocenters. The molecule has 0 aliphatic carbocycles. The van der Waals surface area contributed by atoms with Gasteiger partial charge in [-0.2, -0.15) is 0 Å². The van der Waals surface area contributed by atoms with Crippen molar-refractivity contribution in [3.8, 4) is 17.2 Å². The van der Waals surface area contributed by atoms with E-state index < -0.39 is 5.82 Å². The summed E-state index contributed by atoms with van der Waals surface area (Å²) in [7, 11) is 2.91. The van der Waals surface area contributed by atoms with Gasteiger partial charge in [0.25, 0.3) is 0 Å². The lowest BCUT2D eigenvalue weighted by Gasteiger charge is -2.10. The number of aromatic nitrogens is 1. The normalized spacial score (nSPS) is 10.4. The minimum atomic E-state index is -0.823. The fourth-order valence-corrected chi connectivity index (χ4v) is 1.66. The summed E-state index contributed by atoms with van der Waals surface area (Å²) in [5.41, 5.74) is 0.845. The third-order valence-corrected chi connectivity index (χ3v) is 2.59. The van der Waals surface area contributed by atoms with Crippen molar-refractivity contribution in [3.05, 3.63) is 34.2 Å². The quantitative estimate of drug-likeness (QED) is 0.867. The number of hydrogen-bond acceptors (Lipinski definition) is 7. The van der Waals surface area contributed by atoms with E-state index in [0.29, 0.717) is 24.3 Å². The van der Waals surface area contributed by atoms with Crippen LogP contribution in [0.2, 0.25) is 0 Å². The maximum atomic E-state index is 10.7. The molecule has 0 radical (unpaired) electrons. The van der Waals surface area contributed by atoms with Crippen molar-refractivity contribution < 1.29 is 23.5 Å². The first-order chi connectivity index (χ1) is 9.13. The fraction of sp³-hybridized carbons (Fsp3) is 0.333. The lowest BCUT2D eigenvalue weighted by Crippen LogP contribution is -1.96. The van der Waals surface area contributed by atoms with Crippen molar-refractivity contribution in [1.29, 1.82) is 0 Å². The van der Waals surface area contributed by atoms with Crippen LogP contribution in [0.25, 0.3) is 0 Å². The van der Waals surface area contributed by atoms with Gasteiger partial charge in [-0.1, -0.05) is 0 Å². The molecule has 1 aromatic carbocycles. The third-order valence-electron chi connectivity index (χ3n) is 2.59. The molecule has 2 rings (SSSR count). The molecule has 0 amide bonds. The topological polar surface area (TPSA) is 94.9 Å². The van der Waals surface area contributed by atoms with E-state index in [4.69, 9.17) is 13.9 Å². The van der Waals surface area contributed by atoms with Crippen LogP contribution in [0.5, 0.6) is 17.2 Å². The lowest BCUT2D eigenvalue weighted by molar-refractivity contribution is 0.334. The summed E-state index contributed by atoms with van der Waals surface area (Å²) in [6, 6.07) is 3.35. The van der Waals surface area contributed by atoms with Crippen LogP contribution in [0, 0.1) is 0 Å². The summed E-state index contributed by atoms with van der Waals surface area (Å²) >= 11 is 0. The summed E-state index contributed by atoms with van der Waals surface area (Å²) in [6.07, 6.45) is 0.922. The van der Waals surface area contributed by atoms with Crippen molar-refractivity contribution in [2.75, 3.05) is 14.2 Å². The highest BCUT2D eigenvalue weighted by Crippen LogP contribution is 2.37. The number of ether oxygens (including phenoxy) is 2. The number of rotatable bonds is 5. The summed E-state index contributed by atoms with van der Waals surface area (Å²) in [6.45, 7) is 0. The predicted octanol–water partition coefficient (Wildman–Crippen LogP) is 1.14. The molecule has 0 saturated carbocycles. The molecule has 1 heterocycles. The maximum absolute atomic E-state index is 10.7. The van der Waals surface area contributed by atoms with E-state index in [9.17, 15) is 9.90 Å². The zero-order valence-corrected chi connectivity index (χ0v) is 10.5. The molecule has 0 bridgehead atoms. The first-order valence-corrected chi connectivity index (χ1v) is 5.53. The summed E-state index contributed by atoms with van der Waals surface area (Å²) in [5, 5.41) is 13.2. The number of aromatic hydroxyl groups is 1. The fourth-order valence-electron chi connectivity index (χ4n) is 1.66. The third kappa shape index (κ3) is 2.87. The Labute approximate surface area is 108 Å². The molecule has 2 aromatic rings. The average Bonchev–Trinajstić information content (AvgIpc) is 2.83. The van der Waals surface area contributed by atoms with Gasteiger partial charge in [-0.3, -0.25) is 4.52 Å². The smallest absolute Gasteiger partial charge is 0.502 e. The van der Waals surface area contributed by atoms with Crippen LogP contribution < -0.4 is 15.3 Å². The van der Waals surface area contributed by atoms with Gasteiger partial charge in [0.05, 0.1) is 14.2 Å². The number of phenolic OH excluding ortho intramolecular Hbond substituents is 1. The van der Waals surface area contributed by atoms with Gasteiger partial charge in [-0.15, -0.1) is 0 Å². The standard InChI is InChI=1S/C12H13NO6/c1-16-8-5-7(6-9(17-2)11(8)14)3-4-10-13-19-12(15)18-10/h5-6,14H,3-4H2,1-2H3. The van der Waals surface area contributed by atoms with Crippen LogP contribution in [-0.4, -0.2) is 24.5 Å². The van der Waals surface area contributed by atoms with Gasteiger partial charge in [0.1, 0.15) is 0 Å². The summed E-state index contributed by atoms with van der Waals surface area (Å²) < 4.78 is 19.1.